The number of fused-ring (bicyclic) bond motifs is 1. The standard InChI is InChI=1S/C26H32BrClN2O5S/c1-5-11-29(17-10-8-7-9-16(17)28)24(33)22-26-12-15(27)21(36-26)19(25(34)35-6-2)20(26)23(32)30(22)18(13-31)14(3)4/h5,7-10,14-15,18-22,31H,1,6,11-13H2,2-4H3/t15?,18-,19+,20-,21+,22?,26?/m0/s1. The Kier molecular flexibility index (Phi) is 8.15. The van der Waals surface area contributed by atoms with Crippen LogP contribution in [0.15, 0.2) is 36.9 Å². The summed E-state index contributed by atoms with van der Waals surface area (Å²) in [5.41, 5.74) is 0.524. The smallest absolute Gasteiger partial charge is 0.310 e. The second-order valence-corrected chi connectivity index (χ2v) is 13.0. The molecule has 10 heteroatoms. The molecule has 36 heavy (non-hydrogen) atoms. The summed E-state index contributed by atoms with van der Waals surface area (Å²) in [4.78, 5) is 44.9. The van der Waals surface area contributed by atoms with Gasteiger partial charge >= 0.3 is 5.97 Å². The Morgan fingerprint density at radius 2 is 2.11 bits per heavy atom. The lowest BCUT2D eigenvalue weighted by molar-refractivity contribution is -0.154. The molecule has 3 aliphatic heterocycles. The van der Waals surface area contributed by atoms with Crippen LogP contribution in [0.4, 0.5) is 5.69 Å². The van der Waals surface area contributed by atoms with Crippen LogP contribution in [0.25, 0.3) is 0 Å². The molecule has 7 nitrogen and oxygen atoms in total. The van der Waals surface area contributed by atoms with E-state index in [1.807, 2.05) is 13.8 Å². The van der Waals surface area contributed by atoms with Gasteiger partial charge < -0.3 is 19.6 Å². The summed E-state index contributed by atoms with van der Waals surface area (Å²) in [6, 6.07) is 5.59. The van der Waals surface area contributed by atoms with Crippen molar-refractivity contribution in [2.45, 2.75) is 54.1 Å². The molecule has 0 aliphatic carbocycles. The minimum absolute atomic E-state index is 0.0593. The molecule has 2 bridgehead atoms. The summed E-state index contributed by atoms with van der Waals surface area (Å²) >= 11 is 11.8. The van der Waals surface area contributed by atoms with Gasteiger partial charge in [0.05, 0.1) is 46.5 Å². The first-order valence-corrected chi connectivity index (χ1v) is 14.4. The normalized spacial score (nSPS) is 31.5. The zero-order valence-electron chi connectivity index (χ0n) is 20.6. The SMILES string of the molecule is C=CCN(C(=O)C1N([C@@H](CO)C(C)C)C(=O)[C@@H]2[C@@H](C(=O)OCC)[C@@H]3SC12CC3Br)c1ccccc1Cl. The van der Waals surface area contributed by atoms with Crippen LogP contribution in [-0.2, 0) is 19.1 Å². The molecule has 0 radical (unpaired) electrons. The summed E-state index contributed by atoms with van der Waals surface area (Å²) in [6.45, 7) is 9.51. The number of para-hydroxylation sites is 1. The average molecular weight is 600 g/mol. The van der Waals surface area contributed by atoms with Gasteiger partial charge in [0.2, 0.25) is 5.91 Å². The van der Waals surface area contributed by atoms with E-state index in [1.54, 1.807) is 58.8 Å². The zero-order chi connectivity index (χ0) is 26.4. The number of amides is 2. The van der Waals surface area contributed by atoms with Crippen molar-refractivity contribution < 1.29 is 24.2 Å². The van der Waals surface area contributed by atoms with E-state index in [9.17, 15) is 19.5 Å². The number of anilines is 1. The number of hydrogen-bond acceptors (Lipinski definition) is 6. The monoisotopic (exact) mass is 598 g/mol. The number of halogens is 2. The van der Waals surface area contributed by atoms with Crippen LogP contribution in [0.1, 0.15) is 27.2 Å². The molecule has 4 rings (SSSR count). The van der Waals surface area contributed by atoms with Gasteiger partial charge in [-0.3, -0.25) is 14.4 Å². The minimum Gasteiger partial charge on any atom is -0.466 e. The Hall–Kier alpha value is -1.55. The van der Waals surface area contributed by atoms with Crippen molar-refractivity contribution in [1.29, 1.82) is 0 Å². The Morgan fingerprint density at radius 1 is 1.42 bits per heavy atom. The molecular formula is C26H32BrClN2O5S. The van der Waals surface area contributed by atoms with E-state index in [2.05, 4.69) is 22.5 Å². The molecule has 1 aromatic rings. The van der Waals surface area contributed by atoms with Gasteiger partial charge in [0.1, 0.15) is 6.04 Å². The Labute approximate surface area is 229 Å². The largest absolute Gasteiger partial charge is 0.466 e. The van der Waals surface area contributed by atoms with Crippen LogP contribution in [0.2, 0.25) is 5.02 Å². The zero-order valence-corrected chi connectivity index (χ0v) is 23.8. The molecule has 1 N–H and O–H groups in total. The number of carbonyl (C=O) groups is 3. The molecule has 3 aliphatic rings. The molecule has 3 saturated heterocycles. The van der Waals surface area contributed by atoms with E-state index in [0.717, 1.165) is 0 Å². The number of benzene rings is 1. The second kappa shape index (κ2) is 10.7. The third-order valence-electron chi connectivity index (χ3n) is 7.55. The predicted molar refractivity (Wildman–Crippen MR) is 145 cm³/mol. The number of thioether (sulfide) groups is 1. The van der Waals surface area contributed by atoms with Gasteiger partial charge in [0.25, 0.3) is 5.91 Å². The highest BCUT2D eigenvalue weighted by Gasteiger charge is 2.76. The molecule has 0 saturated carbocycles. The fourth-order valence-electron chi connectivity index (χ4n) is 6.09. The summed E-state index contributed by atoms with van der Waals surface area (Å²) in [7, 11) is 0. The number of esters is 1. The van der Waals surface area contributed by atoms with E-state index >= 15 is 0 Å². The van der Waals surface area contributed by atoms with E-state index in [4.69, 9.17) is 16.3 Å². The maximum absolute atomic E-state index is 14.5. The van der Waals surface area contributed by atoms with Crippen LogP contribution in [-0.4, -0.2) is 74.5 Å². The fourth-order valence-corrected chi connectivity index (χ4v) is 9.91. The van der Waals surface area contributed by atoms with Crippen LogP contribution >= 0.6 is 39.3 Å². The molecule has 1 spiro atoms. The van der Waals surface area contributed by atoms with E-state index in [-0.39, 0.29) is 47.6 Å². The number of aliphatic hydroxyl groups is 1. The Morgan fingerprint density at radius 3 is 2.69 bits per heavy atom. The molecule has 3 heterocycles. The van der Waals surface area contributed by atoms with Gasteiger partial charge in [0.15, 0.2) is 0 Å². The lowest BCUT2D eigenvalue weighted by atomic mass is 9.71. The molecular weight excluding hydrogens is 568 g/mol. The van der Waals surface area contributed by atoms with Gasteiger partial charge in [-0.25, -0.2) is 0 Å². The minimum atomic E-state index is -0.889. The van der Waals surface area contributed by atoms with Gasteiger partial charge in [-0.1, -0.05) is 59.6 Å². The van der Waals surface area contributed by atoms with Crippen LogP contribution in [0, 0.1) is 17.8 Å². The number of likely N-dealkylation sites (tertiary alicyclic amines) is 1. The Bertz CT molecular complexity index is 1060. The molecule has 196 valence electrons. The average Bonchev–Trinajstić information content (AvgIpc) is 3.42. The van der Waals surface area contributed by atoms with Gasteiger partial charge in [-0.2, -0.15) is 0 Å². The summed E-state index contributed by atoms with van der Waals surface area (Å²) in [6.07, 6.45) is 2.17. The van der Waals surface area contributed by atoms with Gasteiger partial charge in [-0.15, -0.1) is 18.3 Å². The van der Waals surface area contributed by atoms with Gasteiger partial charge in [0, 0.05) is 16.6 Å². The number of carbonyl (C=O) groups excluding carboxylic acids is 3. The molecule has 2 amide bonds. The summed E-state index contributed by atoms with van der Waals surface area (Å²) < 4.78 is 4.56. The number of aliphatic hydroxyl groups excluding tert-OH is 1. The highest BCUT2D eigenvalue weighted by molar-refractivity contribution is 9.09. The molecule has 3 unspecified atom stereocenters. The Balaban J connectivity index is 1.87. The van der Waals surface area contributed by atoms with Crippen molar-refractivity contribution >= 4 is 62.8 Å². The number of ether oxygens (including phenoxy) is 1. The van der Waals surface area contributed by atoms with Crippen molar-refractivity contribution in [3.8, 4) is 0 Å². The van der Waals surface area contributed by atoms with Crippen molar-refractivity contribution in [3.63, 3.8) is 0 Å². The molecule has 0 aromatic heterocycles. The third kappa shape index (κ3) is 4.20. The lowest BCUT2D eigenvalue weighted by Gasteiger charge is -2.41. The molecule has 7 atom stereocenters. The summed E-state index contributed by atoms with van der Waals surface area (Å²) in [5, 5.41) is 10.6. The quantitative estimate of drug-likeness (QED) is 0.263. The molecule has 3 fully saturated rings. The maximum Gasteiger partial charge on any atom is 0.310 e. The van der Waals surface area contributed by atoms with E-state index in [0.29, 0.717) is 17.1 Å². The number of hydrogen-bond donors (Lipinski definition) is 1. The van der Waals surface area contributed by atoms with Gasteiger partial charge in [-0.05, 0) is 31.4 Å². The first-order valence-electron chi connectivity index (χ1n) is 12.2. The highest BCUT2D eigenvalue weighted by Crippen LogP contribution is 2.68. The van der Waals surface area contributed by atoms with Crippen LogP contribution in [0.3, 0.4) is 0 Å². The van der Waals surface area contributed by atoms with E-state index in [1.165, 1.54) is 0 Å². The van der Waals surface area contributed by atoms with Crippen molar-refractivity contribution in [2.24, 2.45) is 17.8 Å². The van der Waals surface area contributed by atoms with Crippen molar-refractivity contribution in [3.05, 3.63) is 41.9 Å². The maximum atomic E-state index is 14.5. The van der Waals surface area contributed by atoms with E-state index < -0.39 is 34.6 Å². The highest BCUT2D eigenvalue weighted by atomic mass is 79.9. The molecule has 1 aromatic carbocycles. The third-order valence-corrected chi connectivity index (χ3v) is 11.1. The first-order chi connectivity index (χ1) is 17.1. The van der Waals surface area contributed by atoms with Crippen molar-refractivity contribution in [1.82, 2.24) is 4.90 Å². The number of nitrogens with zero attached hydrogens (tertiary/aromatic N) is 2. The number of rotatable bonds is 9. The number of alkyl halides is 1. The second-order valence-electron chi connectivity index (χ2n) is 9.84. The fraction of sp³-hybridized carbons (Fsp3) is 0.577. The topological polar surface area (TPSA) is 87.2 Å². The summed E-state index contributed by atoms with van der Waals surface area (Å²) in [5.74, 6) is -2.46. The lowest BCUT2D eigenvalue weighted by Crippen LogP contribution is -2.59. The first kappa shape index (κ1) is 27.5. The van der Waals surface area contributed by atoms with Crippen LogP contribution in [0.5, 0.6) is 0 Å². The van der Waals surface area contributed by atoms with Crippen LogP contribution < -0.4 is 4.90 Å². The van der Waals surface area contributed by atoms with Crippen molar-refractivity contribution in [2.75, 3.05) is 24.7 Å². The predicted octanol–water partition coefficient (Wildman–Crippen LogP) is 3.90.